The number of piperidine rings is 1. The lowest BCUT2D eigenvalue weighted by Gasteiger charge is -2.32. The zero-order valence-electron chi connectivity index (χ0n) is 17.3. The van der Waals surface area contributed by atoms with Crippen LogP contribution in [0.15, 0.2) is 58.4 Å². The van der Waals surface area contributed by atoms with Crippen LogP contribution in [0.25, 0.3) is 0 Å². The molecule has 2 aromatic rings. The number of amides is 2. The summed E-state index contributed by atoms with van der Waals surface area (Å²) in [7, 11) is -3.60. The summed E-state index contributed by atoms with van der Waals surface area (Å²) < 4.78 is 40.4. The number of nitrogens with one attached hydrogen (secondary N) is 2. The zero-order chi connectivity index (χ0) is 22.7. The molecule has 0 atom stereocenters. The number of carbonyl (C=O) groups excluding carboxylic acids is 2. The molecule has 2 N–H and O–H groups in total. The zero-order valence-corrected chi connectivity index (χ0v) is 18.1. The topological polar surface area (TPSA) is 108 Å². The molecule has 0 radical (unpaired) electrons. The van der Waals surface area contributed by atoms with Gasteiger partial charge < -0.3 is 10.2 Å². The van der Waals surface area contributed by atoms with Crippen LogP contribution in [0.2, 0.25) is 0 Å². The number of hydrogen-bond acceptors (Lipinski definition) is 5. The minimum absolute atomic E-state index is 0.0539. The van der Waals surface area contributed by atoms with Crippen molar-refractivity contribution >= 4 is 27.7 Å². The van der Waals surface area contributed by atoms with Crippen molar-refractivity contribution in [2.75, 3.05) is 19.6 Å². The highest BCUT2D eigenvalue weighted by molar-refractivity contribution is 7.90. The van der Waals surface area contributed by atoms with E-state index in [9.17, 15) is 22.4 Å². The summed E-state index contributed by atoms with van der Waals surface area (Å²) in [4.78, 5) is 30.8. The van der Waals surface area contributed by atoms with Gasteiger partial charge in [0.05, 0.1) is 17.0 Å². The Kier molecular flexibility index (Phi) is 6.22. The molecule has 0 unspecified atom stereocenters. The first-order valence-electron chi connectivity index (χ1n) is 10.3. The number of nitrogens with zero attached hydrogens (tertiary/aromatic N) is 2. The maximum atomic E-state index is 13.8. The quantitative estimate of drug-likeness (QED) is 0.711. The van der Waals surface area contributed by atoms with Crippen molar-refractivity contribution in [1.29, 1.82) is 0 Å². The van der Waals surface area contributed by atoms with Crippen LogP contribution >= 0.6 is 0 Å². The fourth-order valence-corrected chi connectivity index (χ4v) is 5.10. The normalized spacial score (nSPS) is 18.8. The molecular weight excluding hydrogens is 435 g/mol. The molecule has 0 bridgehead atoms. The Hall–Kier alpha value is -3.27. The Labute approximate surface area is 185 Å². The number of rotatable bonds is 5. The van der Waals surface area contributed by atoms with Gasteiger partial charge in [0.1, 0.15) is 11.7 Å². The van der Waals surface area contributed by atoms with Gasteiger partial charge in [-0.3, -0.25) is 19.3 Å². The number of fused-ring (bicyclic) bond motifs is 1. The van der Waals surface area contributed by atoms with E-state index in [1.165, 1.54) is 18.2 Å². The van der Waals surface area contributed by atoms with Crippen LogP contribution < -0.4 is 10.0 Å². The Morgan fingerprint density at radius 2 is 1.78 bits per heavy atom. The summed E-state index contributed by atoms with van der Waals surface area (Å²) in [6, 6.07) is 12.4. The summed E-state index contributed by atoms with van der Waals surface area (Å²) in [5.41, 5.74) is 0.554. The van der Waals surface area contributed by atoms with Gasteiger partial charge in [-0.2, -0.15) is 0 Å². The summed E-state index contributed by atoms with van der Waals surface area (Å²) in [6.07, 6.45) is 1.27. The minimum atomic E-state index is -3.60. The molecule has 0 saturated carbocycles. The Morgan fingerprint density at radius 1 is 1.09 bits per heavy atom. The highest BCUT2D eigenvalue weighted by Gasteiger charge is 2.30. The first-order valence-corrected chi connectivity index (χ1v) is 11.8. The Morgan fingerprint density at radius 3 is 2.53 bits per heavy atom. The fraction of sp³-hybridized carbons (Fsp3) is 0.318. The monoisotopic (exact) mass is 458 g/mol. The van der Waals surface area contributed by atoms with Gasteiger partial charge in [0.25, 0.3) is 15.9 Å². The molecule has 2 heterocycles. The molecule has 0 aromatic heterocycles. The van der Waals surface area contributed by atoms with E-state index in [1.807, 2.05) is 0 Å². The lowest BCUT2D eigenvalue weighted by molar-refractivity contribution is -0.121. The predicted octanol–water partition coefficient (Wildman–Crippen LogP) is 1.68. The summed E-state index contributed by atoms with van der Waals surface area (Å²) >= 11 is 0. The molecule has 2 aromatic carbocycles. The van der Waals surface area contributed by atoms with E-state index in [2.05, 4.69) is 15.0 Å². The van der Waals surface area contributed by atoms with Crippen LogP contribution in [-0.2, 0) is 14.8 Å². The SMILES string of the molecule is O=C(CCN=C1NS(=O)(=O)c2ccccc21)NC1CCN(C(=O)c2ccccc2F)CC1. The molecule has 168 valence electrons. The Bertz CT molecular complexity index is 1170. The Balaban J connectivity index is 1.25. The summed E-state index contributed by atoms with van der Waals surface area (Å²) in [6.45, 7) is 1.00. The van der Waals surface area contributed by atoms with Crippen molar-refractivity contribution in [1.82, 2.24) is 14.9 Å². The number of halogens is 1. The lowest BCUT2D eigenvalue weighted by Crippen LogP contribution is -2.46. The second-order valence-corrected chi connectivity index (χ2v) is 9.35. The standard InChI is InChI=1S/C22H23FN4O4S/c23-18-7-3-1-5-16(18)22(29)27-13-10-15(11-14-27)25-20(28)9-12-24-21-17-6-2-4-8-19(17)32(30,31)26-21/h1-8,15H,9-14H2,(H,24,26)(H,25,28). The molecule has 8 nitrogen and oxygen atoms in total. The van der Waals surface area contributed by atoms with E-state index >= 15 is 0 Å². The molecule has 0 spiro atoms. The number of likely N-dealkylation sites (tertiary alicyclic amines) is 1. The van der Waals surface area contributed by atoms with E-state index in [0.29, 0.717) is 31.5 Å². The van der Waals surface area contributed by atoms with Crippen LogP contribution in [0.4, 0.5) is 4.39 Å². The van der Waals surface area contributed by atoms with Gasteiger partial charge in [-0.05, 0) is 37.1 Å². The van der Waals surface area contributed by atoms with Crippen LogP contribution in [0.5, 0.6) is 0 Å². The van der Waals surface area contributed by atoms with Gasteiger partial charge >= 0.3 is 0 Å². The van der Waals surface area contributed by atoms with Gasteiger partial charge in [0, 0.05) is 31.1 Å². The molecule has 10 heteroatoms. The van der Waals surface area contributed by atoms with Crippen LogP contribution in [-0.4, -0.2) is 56.6 Å². The van der Waals surface area contributed by atoms with Crippen molar-refractivity contribution < 1.29 is 22.4 Å². The second-order valence-electron chi connectivity index (χ2n) is 7.70. The minimum Gasteiger partial charge on any atom is -0.353 e. The van der Waals surface area contributed by atoms with E-state index in [0.717, 1.165) is 0 Å². The molecule has 2 aliphatic rings. The number of aliphatic imine (C=N–C) groups is 1. The van der Waals surface area contributed by atoms with Crippen molar-refractivity contribution in [2.45, 2.75) is 30.2 Å². The predicted molar refractivity (Wildman–Crippen MR) is 116 cm³/mol. The number of sulfonamides is 1. The van der Waals surface area contributed by atoms with Gasteiger partial charge in [-0.15, -0.1) is 0 Å². The average molecular weight is 459 g/mol. The smallest absolute Gasteiger partial charge is 0.263 e. The van der Waals surface area contributed by atoms with Gasteiger partial charge in [0.2, 0.25) is 5.91 Å². The molecular formula is C22H23FN4O4S. The summed E-state index contributed by atoms with van der Waals surface area (Å²) in [5, 5.41) is 2.93. The largest absolute Gasteiger partial charge is 0.353 e. The molecule has 2 amide bonds. The van der Waals surface area contributed by atoms with Crippen molar-refractivity contribution in [3.05, 3.63) is 65.5 Å². The third-order valence-electron chi connectivity index (χ3n) is 5.52. The third-order valence-corrected chi connectivity index (χ3v) is 6.92. The van der Waals surface area contributed by atoms with Gasteiger partial charge in [-0.25, -0.2) is 12.8 Å². The highest BCUT2D eigenvalue weighted by Crippen LogP contribution is 2.22. The third kappa shape index (κ3) is 4.64. The van der Waals surface area contributed by atoms with Crippen molar-refractivity contribution in [3.63, 3.8) is 0 Å². The maximum Gasteiger partial charge on any atom is 0.263 e. The molecule has 1 fully saturated rings. The first-order chi connectivity index (χ1) is 15.3. The first kappa shape index (κ1) is 21.9. The molecule has 0 aliphatic carbocycles. The molecule has 4 rings (SSSR count). The highest BCUT2D eigenvalue weighted by atomic mass is 32.2. The van der Waals surface area contributed by atoms with E-state index in [-0.39, 0.29) is 47.1 Å². The number of benzene rings is 2. The van der Waals surface area contributed by atoms with Crippen molar-refractivity contribution in [2.24, 2.45) is 4.99 Å². The van der Waals surface area contributed by atoms with Crippen LogP contribution in [0.1, 0.15) is 35.2 Å². The second kappa shape index (κ2) is 9.07. The maximum absolute atomic E-state index is 13.8. The number of hydrogen-bond donors (Lipinski definition) is 2. The fourth-order valence-electron chi connectivity index (χ4n) is 3.85. The molecule has 2 aliphatic heterocycles. The average Bonchev–Trinajstić information content (AvgIpc) is 3.04. The van der Waals surface area contributed by atoms with Crippen molar-refractivity contribution in [3.8, 4) is 0 Å². The van der Waals surface area contributed by atoms with Gasteiger partial charge in [-0.1, -0.05) is 24.3 Å². The molecule has 1 saturated heterocycles. The molecule has 32 heavy (non-hydrogen) atoms. The van der Waals surface area contributed by atoms with Gasteiger partial charge in [0.15, 0.2) is 0 Å². The van der Waals surface area contributed by atoms with Crippen LogP contribution in [0.3, 0.4) is 0 Å². The van der Waals surface area contributed by atoms with E-state index in [1.54, 1.807) is 35.2 Å². The van der Waals surface area contributed by atoms with E-state index < -0.39 is 15.8 Å². The lowest BCUT2D eigenvalue weighted by atomic mass is 10.0. The van der Waals surface area contributed by atoms with Crippen LogP contribution in [0, 0.1) is 5.82 Å². The summed E-state index contributed by atoms with van der Waals surface area (Å²) in [5.74, 6) is -0.833. The number of carbonyl (C=O) groups is 2. The number of amidine groups is 1. The van der Waals surface area contributed by atoms with E-state index in [4.69, 9.17) is 0 Å².